The van der Waals surface area contributed by atoms with Crippen LogP contribution in [0.2, 0.25) is 0 Å². The van der Waals surface area contributed by atoms with Crippen LogP contribution >= 0.6 is 15.9 Å². The average molecular weight is 326 g/mol. The fourth-order valence-electron chi connectivity index (χ4n) is 2.22. The standard InChI is InChI=1S/C14H16BrNO3/c1-16(9-12(17)19-2)13(18)14(7-8-14)10-3-5-11(15)6-4-10/h3-6H,7-9H2,1-2H3. The molecule has 0 aliphatic heterocycles. The molecule has 19 heavy (non-hydrogen) atoms. The van der Waals surface area contributed by atoms with Gasteiger partial charge < -0.3 is 9.64 Å². The van der Waals surface area contributed by atoms with Crippen molar-refractivity contribution in [3.05, 3.63) is 34.3 Å². The molecular formula is C14H16BrNO3. The number of amides is 1. The number of hydrogen-bond donors (Lipinski definition) is 0. The average Bonchev–Trinajstić information content (AvgIpc) is 3.20. The second kappa shape index (κ2) is 5.33. The maximum Gasteiger partial charge on any atom is 0.325 e. The van der Waals surface area contributed by atoms with Gasteiger partial charge in [-0.2, -0.15) is 0 Å². The summed E-state index contributed by atoms with van der Waals surface area (Å²) in [5.41, 5.74) is 0.570. The maximum absolute atomic E-state index is 12.5. The van der Waals surface area contributed by atoms with Gasteiger partial charge in [0.2, 0.25) is 5.91 Å². The molecule has 0 bridgehead atoms. The van der Waals surface area contributed by atoms with Crippen molar-refractivity contribution in [2.45, 2.75) is 18.3 Å². The number of benzene rings is 1. The fourth-order valence-corrected chi connectivity index (χ4v) is 2.48. The minimum Gasteiger partial charge on any atom is -0.468 e. The minimum absolute atomic E-state index is 0.00634. The molecule has 1 saturated carbocycles. The summed E-state index contributed by atoms with van der Waals surface area (Å²) in [6, 6.07) is 7.79. The van der Waals surface area contributed by atoms with Crippen LogP contribution in [0.3, 0.4) is 0 Å². The molecular weight excluding hydrogens is 310 g/mol. The van der Waals surface area contributed by atoms with Crippen LogP contribution in [-0.2, 0) is 19.7 Å². The second-order valence-electron chi connectivity index (χ2n) is 4.83. The lowest BCUT2D eigenvalue weighted by Gasteiger charge is -2.23. The van der Waals surface area contributed by atoms with Crippen LogP contribution in [0.15, 0.2) is 28.7 Å². The molecule has 1 amide bonds. The predicted octanol–water partition coefficient (Wildman–Crippen LogP) is 2.11. The van der Waals surface area contributed by atoms with Crippen molar-refractivity contribution >= 4 is 27.8 Å². The number of carbonyl (C=O) groups is 2. The number of likely N-dealkylation sites (N-methyl/N-ethyl adjacent to an activating group) is 1. The highest BCUT2D eigenvalue weighted by Crippen LogP contribution is 2.49. The van der Waals surface area contributed by atoms with Gasteiger partial charge in [0.15, 0.2) is 0 Å². The monoisotopic (exact) mass is 325 g/mol. The van der Waals surface area contributed by atoms with E-state index in [1.165, 1.54) is 12.0 Å². The van der Waals surface area contributed by atoms with Gasteiger partial charge in [-0.1, -0.05) is 28.1 Å². The van der Waals surface area contributed by atoms with E-state index in [0.29, 0.717) is 0 Å². The third-order valence-electron chi connectivity index (χ3n) is 3.50. The molecule has 1 aromatic carbocycles. The molecule has 0 unspecified atom stereocenters. The Balaban J connectivity index is 2.14. The van der Waals surface area contributed by atoms with Crippen LogP contribution in [0.5, 0.6) is 0 Å². The molecule has 0 saturated heterocycles. The molecule has 0 atom stereocenters. The quantitative estimate of drug-likeness (QED) is 0.796. The third kappa shape index (κ3) is 2.81. The lowest BCUT2D eigenvalue weighted by molar-refractivity contribution is -0.146. The van der Waals surface area contributed by atoms with E-state index in [1.54, 1.807) is 7.05 Å². The van der Waals surface area contributed by atoms with Crippen molar-refractivity contribution in [2.75, 3.05) is 20.7 Å². The highest BCUT2D eigenvalue weighted by atomic mass is 79.9. The lowest BCUT2D eigenvalue weighted by atomic mass is 9.94. The Morgan fingerprint density at radius 1 is 1.32 bits per heavy atom. The Bertz CT molecular complexity index is 494. The predicted molar refractivity (Wildman–Crippen MR) is 74.7 cm³/mol. The third-order valence-corrected chi connectivity index (χ3v) is 4.03. The van der Waals surface area contributed by atoms with Crippen molar-refractivity contribution in [3.63, 3.8) is 0 Å². The number of carbonyl (C=O) groups excluding carboxylic acids is 2. The summed E-state index contributed by atoms with van der Waals surface area (Å²) in [4.78, 5) is 25.1. The van der Waals surface area contributed by atoms with Gasteiger partial charge in [0.1, 0.15) is 6.54 Å². The molecule has 2 rings (SSSR count). The maximum atomic E-state index is 12.5. The summed E-state index contributed by atoms with van der Waals surface area (Å²) in [5, 5.41) is 0. The first-order valence-electron chi connectivity index (χ1n) is 6.08. The molecule has 5 heteroatoms. The van der Waals surface area contributed by atoms with Crippen molar-refractivity contribution in [3.8, 4) is 0 Å². The van der Waals surface area contributed by atoms with Gasteiger partial charge in [-0.15, -0.1) is 0 Å². The van der Waals surface area contributed by atoms with E-state index in [2.05, 4.69) is 20.7 Å². The van der Waals surface area contributed by atoms with E-state index in [4.69, 9.17) is 0 Å². The summed E-state index contributed by atoms with van der Waals surface area (Å²) in [6.45, 7) is -0.00634. The summed E-state index contributed by atoms with van der Waals surface area (Å²) in [6.07, 6.45) is 1.66. The van der Waals surface area contributed by atoms with Gasteiger partial charge in [-0.05, 0) is 30.5 Å². The number of nitrogens with zero attached hydrogens (tertiary/aromatic N) is 1. The minimum atomic E-state index is -0.441. The number of esters is 1. The molecule has 0 radical (unpaired) electrons. The van der Waals surface area contributed by atoms with Crippen LogP contribution in [0.4, 0.5) is 0 Å². The first-order chi connectivity index (χ1) is 8.99. The van der Waals surface area contributed by atoms with Crippen molar-refractivity contribution in [1.82, 2.24) is 4.90 Å². The van der Waals surface area contributed by atoms with Crippen LogP contribution < -0.4 is 0 Å². The van der Waals surface area contributed by atoms with Gasteiger partial charge in [0.05, 0.1) is 12.5 Å². The highest BCUT2D eigenvalue weighted by Gasteiger charge is 2.52. The molecule has 0 aromatic heterocycles. The number of hydrogen-bond acceptors (Lipinski definition) is 3. The Labute approximate surface area is 120 Å². The number of ether oxygens (including phenoxy) is 1. The Kier molecular flexibility index (Phi) is 3.94. The topological polar surface area (TPSA) is 46.6 Å². The molecule has 1 fully saturated rings. The Morgan fingerprint density at radius 2 is 1.89 bits per heavy atom. The number of methoxy groups -OCH3 is 1. The molecule has 1 aliphatic carbocycles. The van der Waals surface area contributed by atoms with E-state index in [0.717, 1.165) is 22.9 Å². The van der Waals surface area contributed by atoms with Gasteiger partial charge >= 0.3 is 5.97 Å². The van der Waals surface area contributed by atoms with E-state index < -0.39 is 11.4 Å². The zero-order valence-electron chi connectivity index (χ0n) is 11.0. The molecule has 0 spiro atoms. The molecule has 4 nitrogen and oxygen atoms in total. The van der Waals surface area contributed by atoms with Crippen LogP contribution in [0, 0.1) is 0 Å². The van der Waals surface area contributed by atoms with Crippen molar-refractivity contribution in [2.24, 2.45) is 0 Å². The first kappa shape index (κ1) is 14.1. The van der Waals surface area contributed by atoms with E-state index in [-0.39, 0.29) is 12.5 Å². The van der Waals surface area contributed by atoms with Crippen LogP contribution in [0.25, 0.3) is 0 Å². The lowest BCUT2D eigenvalue weighted by Crippen LogP contribution is -2.39. The van der Waals surface area contributed by atoms with E-state index in [1.807, 2.05) is 24.3 Å². The normalized spacial score (nSPS) is 15.7. The Hall–Kier alpha value is -1.36. The summed E-state index contributed by atoms with van der Waals surface area (Å²) >= 11 is 3.38. The van der Waals surface area contributed by atoms with Crippen molar-refractivity contribution in [1.29, 1.82) is 0 Å². The van der Waals surface area contributed by atoms with Crippen molar-refractivity contribution < 1.29 is 14.3 Å². The molecule has 0 heterocycles. The highest BCUT2D eigenvalue weighted by molar-refractivity contribution is 9.10. The largest absolute Gasteiger partial charge is 0.468 e. The summed E-state index contributed by atoms with van der Waals surface area (Å²) < 4.78 is 5.57. The summed E-state index contributed by atoms with van der Waals surface area (Å²) in [5.74, 6) is -0.414. The molecule has 1 aromatic rings. The zero-order chi connectivity index (χ0) is 14.0. The van der Waals surface area contributed by atoms with Crippen LogP contribution in [0.1, 0.15) is 18.4 Å². The van der Waals surface area contributed by atoms with E-state index in [9.17, 15) is 9.59 Å². The number of halogens is 1. The zero-order valence-corrected chi connectivity index (χ0v) is 12.6. The Morgan fingerprint density at radius 3 is 2.37 bits per heavy atom. The SMILES string of the molecule is COC(=O)CN(C)C(=O)C1(c2ccc(Br)cc2)CC1. The number of rotatable bonds is 4. The smallest absolute Gasteiger partial charge is 0.325 e. The van der Waals surface area contributed by atoms with Gasteiger partial charge in [-0.25, -0.2) is 0 Å². The van der Waals surface area contributed by atoms with Gasteiger partial charge in [-0.3, -0.25) is 9.59 Å². The molecule has 0 N–H and O–H groups in total. The second-order valence-corrected chi connectivity index (χ2v) is 5.74. The molecule has 102 valence electrons. The van der Waals surface area contributed by atoms with Gasteiger partial charge in [0.25, 0.3) is 0 Å². The van der Waals surface area contributed by atoms with Gasteiger partial charge in [0, 0.05) is 11.5 Å². The van der Waals surface area contributed by atoms with E-state index >= 15 is 0 Å². The first-order valence-corrected chi connectivity index (χ1v) is 6.87. The fraction of sp³-hybridized carbons (Fsp3) is 0.429. The molecule has 1 aliphatic rings. The van der Waals surface area contributed by atoms with Crippen LogP contribution in [-0.4, -0.2) is 37.5 Å². The summed E-state index contributed by atoms with van der Waals surface area (Å²) in [7, 11) is 2.96.